The summed E-state index contributed by atoms with van der Waals surface area (Å²) in [6.45, 7) is 2.84. The van der Waals surface area contributed by atoms with Gasteiger partial charge in [-0.2, -0.15) is 0 Å². The summed E-state index contributed by atoms with van der Waals surface area (Å²) < 4.78 is 31.6. The third-order valence-corrected chi connectivity index (χ3v) is 5.59. The molecule has 2 aromatic rings. The molecule has 0 spiro atoms. The monoisotopic (exact) mass is 436 g/mol. The first-order valence-corrected chi connectivity index (χ1v) is 10.4. The SMILES string of the molecule is CC(OC(=O)[C@H](C)N=C1NS(=O)(=O)c2ccccc21)C(=O)Nc1ccc(Cl)cn1. The average molecular weight is 437 g/mol. The van der Waals surface area contributed by atoms with Gasteiger partial charge >= 0.3 is 5.97 Å². The van der Waals surface area contributed by atoms with E-state index in [-0.39, 0.29) is 16.5 Å². The molecule has 0 fully saturated rings. The Bertz CT molecular complexity index is 1090. The second kappa shape index (κ2) is 8.18. The van der Waals surface area contributed by atoms with Crippen LogP contribution in [0.2, 0.25) is 5.02 Å². The van der Waals surface area contributed by atoms with Crippen molar-refractivity contribution < 1.29 is 22.7 Å². The molecule has 1 aliphatic heterocycles. The summed E-state index contributed by atoms with van der Waals surface area (Å²) >= 11 is 5.73. The lowest BCUT2D eigenvalue weighted by molar-refractivity contribution is -0.154. The van der Waals surface area contributed by atoms with Gasteiger partial charge in [0.1, 0.15) is 17.7 Å². The minimum Gasteiger partial charge on any atom is -0.451 e. The van der Waals surface area contributed by atoms with Crippen LogP contribution in [0.4, 0.5) is 5.82 Å². The molecule has 0 aliphatic carbocycles. The lowest BCUT2D eigenvalue weighted by atomic mass is 10.2. The topological polar surface area (TPSA) is 127 Å². The molecule has 29 heavy (non-hydrogen) atoms. The maximum Gasteiger partial charge on any atom is 0.331 e. The highest BCUT2D eigenvalue weighted by molar-refractivity contribution is 7.90. The fourth-order valence-electron chi connectivity index (χ4n) is 2.48. The Morgan fingerprint density at radius 1 is 1.21 bits per heavy atom. The number of nitrogens with zero attached hydrogens (tertiary/aromatic N) is 2. The zero-order chi connectivity index (χ0) is 21.2. The summed E-state index contributed by atoms with van der Waals surface area (Å²) in [7, 11) is -3.71. The number of sulfonamides is 1. The highest BCUT2D eigenvalue weighted by atomic mass is 35.5. The molecule has 0 saturated carbocycles. The number of amidine groups is 1. The number of anilines is 1. The summed E-state index contributed by atoms with van der Waals surface area (Å²) in [6, 6.07) is 8.31. The number of rotatable bonds is 5. The van der Waals surface area contributed by atoms with Crippen molar-refractivity contribution in [1.82, 2.24) is 9.71 Å². The van der Waals surface area contributed by atoms with Crippen LogP contribution >= 0.6 is 11.6 Å². The fraction of sp³-hybridized carbons (Fsp3) is 0.222. The Kier molecular flexibility index (Phi) is 5.85. The van der Waals surface area contributed by atoms with Gasteiger partial charge in [0.2, 0.25) is 0 Å². The summed E-state index contributed by atoms with van der Waals surface area (Å²) in [4.78, 5) is 32.6. The minimum atomic E-state index is -3.71. The Morgan fingerprint density at radius 3 is 2.62 bits per heavy atom. The van der Waals surface area contributed by atoms with Crippen molar-refractivity contribution in [2.75, 3.05) is 5.32 Å². The normalized spacial score (nSPS) is 17.7. The molecule has 2 N–H and O–H groups in total. The predicted octanol–water partition coefficient (Wildman–Crippen LogP) is 1.73. The van der Waals surface area contributed by atoms with Crippen LogP contribution in [0.5, 0.6) is 0 Å². The van der Waals surface area contributed by atoms with Crippen LogP contribution in [-0.4, -0.2) is 43.3 Å². The third-order valence-electron chi connectivity index (χ3n) is 3.97. The quantitative estimate of drug-likeness (QED) is 0.687. The van der Waals surface area contributed by atoms with Crippen molar-refractivity contribution in [2.45, 2.75) is 30.9 Å². The Hall–Kier alpha value is -2.98. The average Bonchev–Trinajstić information content (AvgIpc) is 2.94. The standard InChI is InChI=1S/C18H17ClN4O5S/c1-10(21-16-13-5-3-4-6-14(13)29(26,27)23-16)18(25)28-11(2)17(24)22-15-8-7-12(19)9-20-15/h3-11H,1-2H3,(H,21,23)(H,20,22,24)/t10-,11?/m0/s1. The Labute approximate surface area is 172 Å². The largest absolute Gasteiger partial charge is 0.451 e. The number of carbonyl (C=O) groups excluding carboxylic acids is 2. The van der Waals surface area contributed by atoms with Gasteiger partial charge in [0.25, 0.3) is 15.9 Å². The summed E-state index contributed by atoms with van der Waals surface area (Å²) in [5.74, 6) is -1.06. The molecule has 0 saturated heterocycles. The molecule has 0 radical (unpaired) electrons. The van der Waals surface area contributed by atoms with E-state index in [2.05, 4.69) is 20.0 Å². The van der Waals surface area contributed by atoms with Crippen molar-refractivity contribution in [1.29, 1.82) is 0 Å². The van der Waals surface area contributed by atoms with Gasteiger partial charge in [-0.25, -0.2) is 18.2 Å². The zero-order valence-electron chi connectivity index (χ0n) is 15.4. The number of ether oxygens (including phenoxy) is 1. The van der Waals surface area contributed by atoms with Crippen LogP contribution in [-0.2, 0) is 24.3 Å². The van der Waals surface area contributed by atoms with Gasteiger partial charge < -0.3 is 10.1 Å². The van der Waals surface area contributed by atoms with E-state index in [0.717, 1.165) is 0 Å². The smallest absolute Gasteiger partial charge is 0.331 e. The van der Waals surface area contributed by atoms with E-state index in [4.69, 9.17) is 16.3 Å². The van der Waals surface area contributed by atoms with Crippen molar-refractivity contribution in [3.63, 3.8) is 0 Å². The lowest BCUT2D eigenvalue weighted by Gasteiger charge is -2.15. The number of carbonyl (C=O) groups is 2. The van der Waals surface area contributed by atoms with E-state index in [9.17, 15) is 18.0 Å². The first-order valence-electron chi connectivity index (χ1n) is 8.50. The highest BCUT2D eigenvalue weighted by Gasteiger charge is 2.31. The first-order chi connectivity index (χ1) is 13.7. The van der Waals surface area contributed by atoms with Crippen molar-refractivity contribution in [3.8, 4) is 0 Å². The van der Waals surface area contributed by atoms with Gasteiger partial charge in [-0.3, -0.25) is 14.5 Å². The van der Waals surface area contributed by atoms with Crippen LogP contribution in [0.15, 0.2) is 52.5 Å². The summed E-state index contributed by atoms with van der Waals surface area (Å²) in [5, 5.41) is 2.91. The number of pyridine rings is 1. The summed E-state index contributed by atoms with van der Waals surface area (Å²) in [5.41, 5.74) is 0.367. The second-order valence-corrected chi connectivity index (χ2v) is 8.27. The maximum absolute atomic E-state index is 12.3. The highest BCUT2D eigenvalue weighted by Crippen LogP contribution is 2.22. The van der Waals surface area contributed by atoms with Gasteiger partial charge in [-0.1, -0.05) is 23.7 Å². The fourth-order valence-corrected chi connectivity index (χ4v) is 3.83. The molecule has 1 amide bonds. The Balaban J connectivity index is 1.65. The molecule has 3 rings (SSSR count). The lowest BCUT2D eigenvalue weighted by Crippen LogP contribution is -2.34. The molecular weight excluding hydrogens is 420 g/mol. The van der Waals surface area contributed by atoms with E-state index >= 15 is 0 Å². The molecule has 2 atom stereocenters. The van der Waals surface area contributed by atoms with Gasteiger partial charge in [0.05, 0.1) is 9.92 Å². The van der Waals surface area contributed by atoms with E-state index in [0.29, 0.717) is 10.6 Å². The summed E-state index contributed by atoms with van der Waals surface area (Å²) in [6.07, 6.45) is 0.252. The van der Waals surface area contributed by atoms with Crippen LogP contribution in [0.1, 0.15) is 19.4 Å². The molecule has 1 aromatic heterocycles. The van der Waals surface area contributed by atoms with Crippen molar-refractivity contribution in [3.05, 3.63) is 53.2 Å². The number of halogens is 1. The molecule has 0 bridgehead atoms. The number of esters is 1. The third kappa shape index (κ3) is 4.72. The predicted molar refractivity (Wildman–Crippen MR) is 106 cm³/mol. The minimum absolute atomic E-state index is 0.0486. The molecule has 9 nitrogen and oxygen atoms in total. The van der Waals surface area contributed by atoms with Crippen LogP contribution < -0.4 is 10.0 Å². The van der Waals surface area contributed by atoms with Crippen LogP contribution in [0, 0.1) is 0 Å². The molecule has 2 heterocycles. The number of nitrogens with one attached hydrogen (secondary N) is 2. The van der Waals surface area contributed by atoms with Crippen molar-refractivity contribution in [2.24, 2.45) is 4.99 Å². The molecule has 152 valence electrons. The van der Waals surface area contributed by atoms with Gasteiger partial charge in [0, 0.05) is 11.8 Å². The van der Waals surface area contributed by atoms with E-state index < -0.39 is 34.0 Å². The van der Waals surface area contributed by atoms with Crippen LogP contribution in [0.3, 0.4) is 0 Å². The van der Waals surface area contributed by atoms with Crippen LogP contribution in [0.25, 0.3) is 0 Å². The zero-order valence-corrected chi connectivity index (χ0v) is 17.0. The van der Waals surface area contributed by atoms with E-state index in [1.807, 2.05) is 0 Å². The number of aromatic nitrogens is 1. The number of aliphatic imine (C=N–C) groups is 1. The first kappa shape index (κ1) is 20.7. The van der Waals surface area contributed by atoms with E-state index in [1.165, 1.54) is 32.2 Å². The van der Waals surface area contributed by atoms with Crippen molar-refractivity contribution >= 4 is 45.2 Å². The van der Waals surface area contributed by atoms with Gasteiger partial charge in [-0.05, 0) is 38.1 Å². The molecular formula is C18H17ClN4O5S. The molecule has 1 aliphatic rings. The van der Waals surface area contributed by atoms with Gasteiger partial charge in [-0.15, -0.1) is 0 Å². The number of hydrogen-bond donors (Lipinski definition) is 2. The Morgan fingerprint density at radius 2 is 1.93 bits per heavy atom. The van der Waals surface area contributed by atoms with E-state index in [1.54, 1.807) is 24.3 Å². The number of hydrogen-bond acceptors (Lipinski definition) is 7. The number of amides is 1. The van der Waals surface area contributed by atoms with Gasteiger partial charge in [0.15, 0.2) is 6.10 Å². The molecule has 1 unspecified atom stereocenters. The number of fused-ring (bicyclic) bond motifs is 1. The maximum atomic E-state index is 12.3. The molecule has 1 aromatic carbocycles. The molecule has 11 heteroatoms. The number of benzene rings is 1. The second-order valence-electron chi connectivity index (χ2n) is 6.19.